The monoisotopic (exact) mass is 193 g/mol. The van der Waals surface area contributed by atoms with E-state index in [0.29, 0.717) is 5.52 Å². The summed E-state index contributed by atoms with van der Waals surface area (Å²) in [4.78, 5) is 26.0. The van der Waals surface area contributed by atoms with E-state index in [0.717, 1.165) is 4.68 Å². The van der Waals surface area contributed by atoms with E-state index < -0.39 is 5.91 Å². The summed E-state index contributed by atoms with van der Waals surface area (Å²) in [7, 11) is 1.51. The number of primary amides is 1. The lowest BCUT2D eigenvalue weighted by atomic mass is 10.4. The smallest absolute Gasteiger partial charge is 0.350 e. The van der Waals surface area contributed by atoms with Crippen molar-refractivity contribution in [3.63, 3.8) is 0 Å². The van der Waals surface area contributed by atoms with Crippen LogP contribution in [0.5, 0.6) is 0 Å². The van der Waals surface area contributed by atoms with Gasteiger partial charge in [0.1, 0.15) is 11.8 Å². The predicted molar refractivity (Wildman–Crippen MR) is 46.7 cm³/mol. The summed E-state index contributed by atoms with van der Waals surface area (Å²) in [5.74, 6) is -0.678. The van der Waals surface area contributed by atoms with Gasteiger partial charge in [-0.15, -0.1) is 0 Å². The van der Waals surface area contributed by atoms with Gasteiger partial charge in [0.15, 0.2) is 5.69 Å². The summed E-state index contributed by atoms with van der Waals surface area (Å²) < 4.78 is 2.35. The molecule has 0 aromatic carbocycles. The fourth-order valence-corrected chi connectivity index (χ4v) is 1.17. The first-order valence-corrected chi connectivity index (χ1v) is 3.80. The highest BCUT2D eigenvalue weighted by Crippen LogP contribution is 2.03. The van der Waals surface area contributed by atoms with Gasteiger partial charge >= 0.3 is 5.69 Å². The minimum Gasteiger partial charge on any atom is -0.364 e. The van der Waals surface area contributed by atoms with Crippen LogP contribution in [-0.2, 0) is 7.05 Å². The van der Waals surface area contributed by atoms with Crippen LogP contribution in [0, 0.1) is 0 Å². The van der Waals surface area contributed by atoms with Crippen molar-refractivity contribution >= 4 is 11.4 Å². The number of carbonyl (C=O) groups excluding carboxylic acids is 1. The van der Waals surface area contributed by atoms with Crippen LogP contribution in [0.1, 0.15) is 10.5 Å². The summed E-state index contributed by atoms with van der Waals surface area (Å²) in [5, 5.41) is 3.76. The second kappa shape index (κ2) is 2.66. The minimum atomic E-state index is -0.678. The number of aromatic nitrogens is 4. The van der Waals surface area contributed by atoms with E-state index >= 15 is 0 Å². The Morgan fingerprint density at radius 3 is 2.93 bits per heavy atom. The van der Waals surface area contributed by atoms with Crippen molar-refractivity contribution < 1.29 is 4.79 Å². The van der Waals surface area contributed by atoms with Crippen molar-refractivity contribution in [3.05, 3.63) is 28.7 Å². The lowest BCUT2D eigenvalue weighted by Gasteiger charge is -1.96. The molecule has 0 aliphatic heterocycles. The Balaban J connectivity index is 2.91. The molecule has 2 heterocycles. The van der Waals surface area contributed by atoms with Crippen molar-refractivity contribution in [1.29, 1.82) is 0 Å². The molecule has 14 heavy (non-hydrogen) atoms. The van der Waals surface area contributed by atoms with Gasteiger partial charge < -0.3 is 5.73 Å². The van der Waals surface area contributed by atoms with E-state index in [1.165, 1.54) is 24.0 Å². The van der Waals surface area contributed by atoms with Crippen LogP contribution in [0.2, 0.25) is 0 Å². The molecule has 0 saturated heterocycles. The first-order valence-electron chi connectivity index (χ1n) is 3.80. The van der Waals surface area contributed by atoms with E-state index in [1.54, 1.807) is 0 Å². The average molecular weight is 193 g/mol. The van der Waals surface area contributed by atoms with Gasteiger partial charge in [0.05, 0.1) is 6.20 Å². The molecule has 2 aromatic rings. The largest absolute Gasteiger partial charge is 0.364 e. The lowest BCUT2D eigenvalue weighted by molar-refractivity contribution is 0.0997. The maximum absolute atomic E-state index is 11.4. The van der Waals surface area contributed by atoms with Crippen LogP contribution in [-0.4, -0.2) is 25.1 Å². The molecule has 0 saturated carbocycles. The minimum absolute atomic E-state index is 0.0511. The van der Waals surface area contributed by atoms with Crippen LogP contribution < -0.4 is 11.4 Å². The Morgan fingerprint density at radius 1 is 1.57 bits per heavy atom. The summed E-state index contributed by atoms with van der Waals surface area (Å²) >= 11 is 0. The highest BCUT2D eigenvalue weighted by atomic mass is 16.2. The maximum Gasteiger partial charge on any atom is 0.350 e. The number of hydrogen-bond acceptors (Lipinski definition) is 4. The SMILES string of the molecule is Cn1ncc2c(C(N)=O)ncn2c1=O. The average Bonchev–Trinajstić information content (AvgIpc) is 2.55. The number of nitrogens with zero attached hydrogens (tertiary/aromatic N) is 4. The molecule has 2 N–H and O–H groups in total. The zero-order valence-electron chi connectivity index (χ0n) is 7.34. The van der Waals surface area contributed by atoms with Crippen LogP contribution in [0.3, 0.4) is 0 Å². The van der Waals surface area contributed by atoms with Crippen LogP contribution in [0.25, 0.3) is 5.52 Å². The van der Waals surface area contributed by atoms with Gasteiger partial charge in [0.25, 0.3) is 5.91 Å². The second-order valence-corrected chi connectivity index (χ2v) is 2.76. The number of rotatable bonds is 1. The van der Waals surface area contributed by atoms with E-state index in [4.69, 9.17) is 5.73 Å². The zero-order valence-corrected chi connectivity index (χ0v) is 7.34. The molecule has 0 aliphatic rings. The van der Waals surface area contributed by atoms with Gasteiger partial charge in [-0.2, -0.15) is 5.10 Å². The standard InChI is InChI=1S/C7H7N5O2/c1-11-7(14)12-3-9-5(6(8)13)4(12)2-10-11/h2-3H,1H3,(H2,8,13). The highest BCUT2D eigenvalue weighted by molar-refractivity contribution is 5.97. The van der Waals surface area contributed by atoms with Gasteiger partial charge in [-0.1, -0.05) is 0 Å². The number of nitrogens with two attached hydrogens (primary N) is 1. The zero-order chi connectivity index (χ0) is 10.3. The molecular weight excluding hydrogens is 186 g/mol. The fraction of sp³-hybridized carbons (Fsp3) is 0.143. The summed E-state index contributed by atoms with van der Waals surface area (Å²) in [6.07, 6.45) is 2.62. The number of aryl methyl sites for hydroxylation is 1. The van der Waals surface area contributed by atoms with Crippen LogP contribution in [0.15, 0.2) is 17.3 Å². The van der Waals surface area contributed by atoms with Gasteiger partial charge in [0.2, 0.25) is 0 Å². The summed E-state index contributed by atoms with van der Waals surface area (Å²) in [6, 6.07) is 0. The quantitative estimate of drug-likeness (QED) is 0.597. The molecule has 0 bridgehead atoms. The molecule has 0 spiro atoms. The van der Waals surface area contributed by atoms with Gasteiger partial charge in [-0.25, -0.2) is 18.9 Å². The topological polar surface area (TPSA) is 95.3 Å². The van der Waals surface area contributed by atoms with E-state index in [-0.39, 0.29) is 11.4 Å². The molecule has 7 heteroatoms. The van der Waals surface area contributed by atoms with Gasteiger partial charge in [0, 0.05) is 7.05 Å². The van der Waals surface area contributed by atoms with Crippen molar-refractivity contribution in [2.45, 2.75) is 0 Å². The van der Waals surface area contributed by atoms with Crippen molar-refractivity contribution in [2.75, 3.05) is 0 Å². The molecule has 0 aliphatic carbocycles. The number of fused-ring (bicyclic) bond motifs is 1. The van der Waals surface area contributed by atoms with Crippen molar-refractivity contribution in [2.24, 2.45) is 12.8 Å². The molecular formula is C7H7N5O2. The molecule has 0 atom stereocenters. The highest BCUT2D eigenvalue weighted by Gasteiger charge is 2.11. The summed E-state index contributed by atoms with van der Waals surface area (Å²) in [5.41, 5.74) is 5.06. The third-order valence-electron chi connectivity index (χ3n) is 1.87. The summed E-state index contributed by atoms with van der Waals surface area (Å²) in [6.45, 7) is 0. The molecule has 1 amide bonds. The van der Waals surface area contributed by atoms with Crippen LogP contribution >= 0.6 is 0 Å². The van der Waals surface area contributed by atoms with E-state index in [2.05, 4.69) is 10.1 Å². The number of imidazole rings is 1. The Labute approximate surface area is 77.8 Å². The molecule has 2 rings (SSSR count). The molecule has 0 fully saturated rings. The van der Waals surface area contributed by atoms with Crippen molar-refractivity contribution in [3.8, 4) is 0 Å². The number of carbonyl (C=O) groups is 1. The van der Waals surface area contributed by atoms with Crippen molar-refractivity contribution in [1.82, 2.24) is 19.2 Å². The third kappa shape index (κ3) is 0.987. The predicted octanol–water partition coefficient (Wildman–Crippen LogP) is -1.47. The Bertz CT molecular complexity index is 567. The van der Waals surface area contributed by atoms with E-state index in [9.17, 15) is 9.59 Å². The van der Waals surface area contributed by atoms with Gasteiger partial charge in [-0.3, -0.25) is 4.79 Å². The maximum atomic E-state index is 11.4. The Kier molecular flexibility index (Phi) is 1.60. The Morgan fingerprint density at radius 2 is 2.29 bits per heavy atom. The second-order valence-electron chi connectivity index (χ2n) is 2.76. The Hall–Kier alpha value is -2.18. The number of amides is 1. The molecule has 2 aromatic heterocycles. The molecule has 7 nitrogen and oxygen atoms in total. The first-order chi connectivity index (χ1) is 6.61. The first kappa shape index (κ1) is 8.42. The normalized spacial score (nSPS) is 10.6. The molecule has 0 unspecified atom stereocenters. The third-order valence-corrected chi connectivity index (χ3v) is 1.87. The molecule has 0 radical (unpaired) electrons. The van der Waals surface area contributed by atoms with E-state index in [1.807, 2.05) is 0 Å². The van der Waals surface area contributed by atoms with Crippen LogP contribution in [0.4, 0.5) is 0 Å². The number of hydrogen-bond donors (Lipinski definition) is 1. The lowest BCUT2D eigenvalue weighted by Crippen LogP contribution is -2.25. The molecule has 72 valence electrons. The van der Waals surface area contributed by atoms with Gasteiger partial charge in [-0.05, 0) is 0 Å². The fourth-order valence-electron chi connectivity index (χ4n) is 1.17.